The fourth-order valence-corrected chi connectivity index (χ4v) is 3.55. The molecule has 0 aromatic heterocycles. The van der Waals surface area contributed by atoms with Gasteiger partial charge in [-0.1, -0.05) is 11.6 Å². The van der Waals surface area contributed by atoms with Crippen molar-refractivity contribution < 1.29 is 4.39 Å². The minimum Gasteiger partial charge on any atom is -0.365 e. The Morgan fingerprint density at radius 3 is 2.41 bits per heavy atom. The second kappa shape index (κ2) is 4.14. The van der Waals surface area contributed by atoms with Gasteiger partial charge in [0.05, 0.1) is 0 Å². The molecule has 0 amide bonds. The van der Waals surface area contributed by atoms with E-state index >= 15 is 0 Å². The van der Waals surface area contributed by atoms with E-state index in [1.165, 1.54) is 6.07 Å². The maximum absolute atomic E-state index is 13.4. The maximum atomic E-state index is 13.4. The Morgan fingerprint density at radius 1 is 1.18 bits per heavy atom. The summed E-state index contributed by atoms with van der Waals surface area (Å²) in [6.07, 6.45) is 4.33. The topological polar surface area (TPSA) is 29.3 Å². The first-order valence-electron chi connectivity index (χ1n) is 6.13. The van der Waals surface area contributed by atoms with Crippen molar-refractivity contribution in [3.05, 3.63) is 29.0 Å². The van der Waals surface area contributed by atoms with Crippen LogP contribution < -0.4 is 10.6 Å². The highest BCUT2D eigenvalue weighted by molar-refractivity contribution is 6.30. The third-order valence-corrected chi connectivity index (χ3v) is 4.13. The van der Waals surface area contributed by atoms with Crippen molar-refractivity contribution in [3.63, 3.8) is 0 Å². The van der Waals surface area contributed by atoms with Gasteiger partial charge in [-0.3, -0.25) is 0 Å². The minimum absolute atomic E-state index is 0.262. The molecule has 2 saturated heterocycles. The van der Waals surface area contributed by atoms with Gasteiger partial charge in [0.25, 0.3) is 0 Å². The SMILES string of the molecule is NC1CC2CCC(C1)N2c1cc(F)cc(Cl)c1. The molecule has 2 atom stereocenters. The average molecular weight is 255 g/mol. The minimum atomic E-state index is -0.262. The van der Waals surface area contributed by atoms with Crippen LogP contribution in [0.1, 0.15) is 25.7 Å². The normalized spacial score (nSPS) is 31.9. The quantitative estimate of drug-likeness (QED) is 0.835. The number of nitrogens with zero attached hydrogens (tertiary/aromatic N) is 1. The van der Waals surface area contributed by atoms with Gasteiger partial charge in [0, 0.05) is 28.8 Å². The van der Waals surface area contributed by atoms with Crippen molar-refractivity contribution in [1.29, 1.82) is 0 Å². The van der Waals surface area contributed by atoms with Crippen LogP contribution in [-0.2, 0) is 0 Å². The number of anilines is 1. The Bertz CT molecular complexity index is 403. The smallest absolute Gasteiger partial charge is 0.126 e. The highest BCUT2D eigenvalue weighted by Gasteiger charge is 2.39. The highest BCUT2D eigenvalue weighted by atomic mass is 35.5. The molecule has 0 spiro atoms. The summed E-state index contributed by atoms with van der Waals surface area (Å²) in [5, 5.41) is 0.467. The Balaban J connectivity index is 1.94. The van der Waals surface area contributed by atoms with Crippen molar-refractivity contribution in [1.82, 2.24) is 0 Å². The van der Waals surface area contributed by atoms with Crippen molar-refractivity contribution >= 4 is 17.3 Å². The Hall–Kier alpha value is -0.800. The van der Waals surface area contributed by atoms with Crippen LogP contribution in [-0.4, -0.2) is 18.1 Å². The van der Waals surface area contributed by atoms with Gasteiger partial charge in [-0.2, -0.15) is 0 Å². The van der Waals surface area contributed by atoms with Gasteiger partial charge in [0.15, 0.2) is 0 Å². The summed E-state index contributed by atoms with van der Waals surface area (Å²) in [7, 11) is 0. The lowest BCUT2D eigenvalue weighted by atomic mass is 9.97. The van der Waals surface area contributed by atoms with E-state index < -0.39 is 0 Å². The fourth-order valence-electron chi connectivity index (χ4n) is 3.33. The van der Waals surface area contributed by atoms with E-state index in [1.807, 2.05) is 6.07 Å². The summed E-state index contributed by atoms with van der Waals surface area (Å²) >= 11 is 5.92. The number of hydrogen-bond acceptors (Lipinski definition) is 2. The van der Waals surface area contributed by atoms with Gasteiger partial charge >= 0.3 is 0 Å². The van der Waals surface area contributed by atoms with Crippen molar-refractivity contribution in [2.45, 2.75) is 43.8 Å². The fraction of sp³-hybridized carbons (Fsp3) is 0.538. The first-order chi connectivity index (χ1) is 8.13. The number of piperidine rings is 1. The number of halogens is 2. The molecule has 2 unspecified atom stereocenters. The number of nitrogens with two attached hydrogens (primary N) is 1. The lowest BCUT2D eigenvalue weighted by molar-refractivity contribution is 0.414. The molecule has 4 heteroatoms. The number of hydrogen-bond donors (Lipinski definition) is 1. The van der Waals surface area contributed by atoms with E-state index in [9.17, 15) is 4.39 Å². The zero-order valence-electron chi connectivity index (χ0n) is 9.57. The standard InChI is InChI=1S/C13H16ClFN2/c14-8-3-9(15)5-13(4-8)17-11-1-2-12(17)7-10(16)6-11/h3-5,10-12H,1-2,6-7,16H2. The Labute approximate surface area is 106 Å². The van der Waals surface area contributed by atoms with Gasteiger partial charge in [-0.15, -0.1) is 0 Å². The summed E-state index contributed by atoms with van der Waals surface area (Å²) in [6.45, 7) is 0. The molecule has 17 heavy (non-hydrogen) atoms. The number of fused-ring (bicyclic) bond motifs is 2. The van der Waals surface area contributed by atoms with E-state index in [-0.39, 0.29) is 5.82 Å². The van der Waals surface area contributed by atoms with Gasteiger partial charge < -0.3 is 10.6 Å². The van der Waals surface area contributed by atoms with Crippen LogP contribution in [0.5, 0.6) is 0 Å². The maximum Gasteiger partial charge on any atom is 0.126 e. The molecular weight excluding hydrogens is 239 g/mol. The van der Waals surface area contributed by atoms with Crippen LogP contribution in [0, 0.1) is 5.82 Å². The molecule has 2 heterocycles. The van der Waals surface area contributed by atoms with Crippen LogP contribution in [0.4, 0.5) is 10.1 Å². The molecule has 2 aliphatic rings. The summed E-state index contributed by atoms with van der Waals surface area (Å²) < 4.78 is 13.4. The molecule has 0 radical (unpaired) electrons. The molecule has 92 valence electrons. The average Bonchev–Trinajstić information content (AvgIpc) is 2.50. The Morgan fingerprint density at radius 2 is 1.82 bits per heavy atom. The summed E-state index contributed by atoms with van der Waals surface area (Å²) in [5.41, 5.74) is 6.94. The molecule has 2 nitrogen and oxygen atoms in total. The molecule has 0 saturated carbocycles. The molecule has 1 aromatic carbocycles. The molecule has 2 N–H and O–H groups in total. The zero-order chi connectivity index (χ0) is 12.0. The van der Waals surface area contributed by atoms with Gasteiger partial charge in [-0.05, 0) is 43.9 Å². The van der Waals surface area contributed by atoms with Crippen LogP contribution in [0.15, 0.2) is 18.2 Å². The molecule has 1 aromatic rings. The van der Waals surface area contributed by atoms with Crippen molar-refractivity contribution in [2.75, 3.05) is 4.90 Å². The lowest BCUT2D eigenvalue weighted by Gasteiger charge is -2.39. The van der Waals surface area contributed by atoms with Gasteiger partial charge in [0.1, 0.15) is 5.82 Å². The monoisotopic (exact) mass is 254 g/mol. The predicted octanol–water partition coefficient (Wildman–Crippen LogP) is 2.94. The van der Waals surface area contributed by atoms with E-state index in [2.05, 4.69) is 4.90 Å². The first kappa shape index (κ1) is 11.3. The highest BCUT2D eigenvalue weighted by Crippen LogP contribution is 2.39. The number of rotatable bonds is 1. The van der Waals surface area contributed by atoms with Crippen LogP contribution in [0.25, 0.3) is 0 Å². The van der Waals surface area contributed by atoms with E-state index in [0.29, 0.717) is 23.1 Å². The zero-order valence-corrected chi connectivity index (χ0v) is 10.3. The van der Waals surface area contributed by atoms with Gasteiger partial charge in [-0.25, -0.2) is 4.39 Å². The van der Waals surface area contributed by atoms with Crippen LogP contribution >= 0.6 is 11.6 Å². The first-order valence-corrected chi connectivity index (χ1v) is 6.51. The van der Waals surface area contributed by atoms with Crippen LogP contribution in [0.2, 0.25) is 5.02 Å². The Kier molecular flexibility index (Phi) is 2.75. The summed E-state index contributed by atoms with van der Waals surface area (Å²) in [5.74, 6) is -0.262. The lowest BCUT2D eigenvalue weighted by Crippen LogP contribution is -2.47. The molecule has 0 aliphatic carbocycles. The summed E-state index contributed by atoms with van der Waals surface area (Å²) in [6, 6.07) is 6.00. The largest absolute Gasteiger partial charge is 0.365 e. The second-order valence-corrected chi connectivity index (χ2v) is 5.59. The molecule has 2 fully saturated rings. The third-order valence-electron chi connectivity index (χ3n) is 3.92. The van der Waals surface area contributed by atoms with Crippen molar-refractivity contribution in [3.8, 4) is 0 Å². The van der Waals surface area contributed by atoms with E-state index in [1.54, 1.807) is 6.07 Å². The van der Waals surface area contributed by atoms with Crippen molar-refractivity contribution in [2.24, 2.45) is 5.73 Å². The summed E-state index contributed by atoms with van der Waals surface area (Å²) in [4.78, 5) is 2.32. The molecular formula is C13H16ClFN2. The predicted molar refractivity (Wildman–Crippen MR) is 67.9 cm³/mol. The van der Waals surface area contributed by atoms with Gasteiger partial charge in [0.2, 0.25) is 0 Å². The van der Waals surface area contributed by atoms with E-state index in [4.69, 9.17) is 17.3 Å². The van der Waals surface area contributed by atoms with E-state index in [0.717, 1.165) is 31.4 Å². The molecule has 2 aliphatic heterocycles. The van der Waals surface area contributed by atoms with Crippen LogP contribution in [0.3, 0.4) is 0 Å². The molecule has 2 bridgehead atoms. The second-order valence-electron chi connectivity index (χ2n) is 5.15. The third kappa shape index (κ3) is 2.02. The number of benzene rings is 1. The molecule has 3 rings (SSSR count).